The molecule has 1 aliphatic heterocycles. The number of halogens is 1. The molecule has 70 valence electrons. The second-order valence-corrected chi connectivity index (χ2v) is 4.22. The average Bonchev–Trinajstić information content (AvgIpc) is 2.50. The number of nitrogens with zero attached hydrogens (tertiary/aromatic N) is 2. The van der Waals surface area contributed by atoms with Gasteiger partial charge in [0.25, 0.3) is 5.91 Å². The molecule has 0 bridgehead atoms. The van der Waals surface area contributed by atoms with E-state index in [9.17, 15) is 4.79 Å². The van der Waals surface area contributed by atoms with E-state index in [1.807, 2.05) is 4.68 Å². The van der Waals surface area contributed by atoms with Crippen molar-refractivity contribution in [2.75, 3.05) is 6.54 Å². The van der Waals surface area contributed by atoms with Crippen molar-refractivity contribution in [3.63, 3.8) is 0 Å². The first kappa shape index (κ1) is 8.98. The van der Waals surface area contributed by atoms with Crippen LogP contribution in [0.4, 0.5) is 0 Å². The van der Waals surface area contributed by atoms with Crippen LogP contribution >= 0.6 is 22.6 Å². The fourth-order valence-corrected chi connectivity index (χ4v) is 2.15. The van der Waals surface area contributed by atoms with E-state index in [4.69, 9.17) is 0 Å². The minimum Gasteiger partial charge on any atom is -0.349 e. The summed E-state index contributed by atoms with van der Waals surface area (Å²) in [6.45, 7) is 2.79. The standard InChI is InChI=1S/C8H10IN3O/c1-2-5-3-10-8(13)7-6(9)4-11-12(5)7/h4-5H,2-3H2,1H3,(H,10,13). The molecular formula is C8H10IN3O. The van der Waals surface area contributed by atoms with E-state index in [0.717, 1.165) is 9.99 Å². The van der Waals surface area contributed by atoms with Crippen molar-refractivity contribution < 1.29 is 4.79 Å². The number of rotatable bonds is 1. The molecular weight excluding hydrogens is 281 g/mol. The summed E-state index contributed by atoms with van der Waals surface area (Å²) in [6, 6.07) is 0.316. The van der Waals surface area contributed by atoms with Gasteiger partial charge in [-0.25, -0.2) is 0 Å². The predicted octanol–water partition coefficient (Wildman–Crippen LogP) is 1.18. The maximum atomic E-state index is 11.5. The Bertz CT molecular complexity index is 347. The Morgan fingerprint density at radius 1 is 1.85 bits per heavy atom. The van der Waals surface area contributed by atoms with Crippen LogP contribution in [0.5, 0.6) is 0 Å². The highest BCUT2D eigenvalue weighted by molar-refractivity contribution is 14.1. The van der Waals surface area contributed by atoms with E-state index < -0.39 is 0 Å². The van der Waals surface area contributed by atoms with Crippen LogP contribution in [0.3, 0.4) is 0 Å². The summed E-state index contributed by atoms with van der Waals surface area (Å²) >= 11 is 2.14. The summed E-state index contributed by atoms with van der Waals surface area (Å²) in [7, 11) is 0. The van der Waals surface area contributed by atoms with Crippen LogP contribution in [0.1, 0.15) is 29.9 Å². The van der Waals surface area contributed by atoms with Crippen molar-refractivity contribution in [3.05, 3.63) is 15.5 Å². The van der Waals surface area contributed by atoms with Crippen molar-refractivity contribution in [2.45, 2.75) is 19.4 Å². The molecule has 1 aliphatic rings. The molecule has 0 spiro atoms. The van der Waals surface area contributed by atoms with E-state index in [0.29, 0.717) is 18.3 Å². The van der Waals surface area contributed by atoms with E-state index in [-0.39, 0.29) is 5.91 Å². The second-order valence-electron chi connectivity index (χ2n) is 3.06. The number of fused-ring (bicyclic) bond motifs is 1. The number of carbonyl (C=O) groups is 1. The number of aromatic nitrogens is 2. The zero-order valence-corrected chi connectivity index (χ0v) is 9.41. The third kappa shape index (κ3) is 1.34. The molecule has 5 heteroatoms. The smallest absolute Gasteiger partial charge is 0.270 e. The van der Waals surface area contributed by atoms with Gasteiger partial charge < -0.3 is 5.32 Å². The van der Waals surface area contributed by atoms with Gasteiger partial charge in [0.15, 0.2) is 0 Å². The quantitative estimate of drug-likeness (QED) is 0.790. The molecule has 1 aromatic heterocycles. The Hall–Kier alpha value is -0.590. The van der Waals surface area contributed by atoms with Gasteiger partial charge in [-0.15, -0.1) is 0 Å². The summed E-state index contributed by atoms with van der Waals surface area (Å²) in [6.07, 6.45) is 2.73. The summed E-state index contributed by atoms with van der Waals surface area (Å²) in [5.41, 5.74) is 0.707. The Kier molecular flexibility index (Phi) is 2.27. The minimum absolute atomic E-state index is 0.00778. The lowest BCUT2D eigenvalue weighted by atomic mass is 10.2. The van der Waals surface area contributed by atoms with E-state index in [2.05, 4.69) is 39.9 Å². The Balaban J connectivity index is 2.50. The van der Waals surface area contributed by atoms with Crippen LogP contribution in [0.2, 0.25) is 0 Å². The summed E-state index contributed by atoms with van der Waals surface area (Å²) < 4.78 is 2.76. The van der Waals surface area contributed by atoms with Crippen LogP contribution < -0.4 is 5.32 Å². The molecule has 1 amide bonds. The molecule has 0 aliphatic carbocycles. The zero-order chi connectivity index (χ0) is 9.42. The maximum absolute atomic E-state index is 11.5. The average molecular weight is 291 g/mol. The lowest BCUT2D eigenvalue weighted by Gasteiger charge is -2.23. The van der Waals surface area contributed by atoms with Crippen LogP contribution in [-0.2, 0) is 0 Å². The van der Waals surface area contributed by atoms with Gasteiger partial charge in [-0.3, -0.25) is 9.48 Å². The molecule has 1 N–H and O–H groups in total. The number of amides is 1. The topological polar surface area (TPSA) is 46.9 Å². The van der Waals surface area contributed by atoms with E-state index in [1.165, 1.54) is 0 Å². The molecule has 0 fully saturated rings. The lowest BCUT2D eigenvalue weighted by molar-refractivity contribution is 0.0907. The van der Waals surface area contributed by atoms with Crippen molar-refractivity contribution in [1.82, 2.24) is 15.1 Å². The number of hydrogen-bond acceptors (Lipinski definition) is 2. The first-order valence-corrected chi connectivity index (χ1v) is 5.33. The summed E-state index contributed by atoms with van der Waals surface area (Å²) in [5, 5.41) is 7.07. The predicted molar refractivity (Wildman–Crippen MR) is 56.6 cm³/mol. The van der Waals surface area contributed by atoms with Crippen LogP contribution in [0.25, 0.3) is 0 Å². The maximum Gasteiger partial charge on any atom is 0.270 e. The summed E-state index contributed by atoms with van der Waals surface area (Å²) in [5.74, 6) is -0.00778. The SMILES string of the molecule is CCC1CNC(=O)c2c(I)cnn21. The molecule has 0 radical (unpaired) electrons. The minimum atomic E-state index is -0.00778. The molecule has 2 rings (SSSR count). The first-order chi connectivity index (χ1) is 6.24. The van der Waals surface area contributed by atoms with Gasteiger partial charge >= 0.3 is 0 Å². The second kappa shape index (κ2) is 3.28. The molecule has 0 saturated carbocycles. The molecule has 1 atom stereocenters. The van der Waals surface area contributed by atoms with Gasteiger partial charge in [-0.1, -0.05) is 6.92 Å². The van der Waals surface area contributed by atoms with Crippen molar-refractivity contribution in [3.8, 4) is 0 Å². The van der Waals surface area contributed by atoms with Gasteiger partial charge in [0, 0.05) is 6.54 Å². The molecule has 4 nitrogen and oxygen atoms in total. The molecule has 0 aromatic carbocycles. The fourth-order valence-electron chi connectivity index (χ4n) is 1.53. The molecule has 2 heterocycles. The van der Waals surface area contributed by atoms with E-state index >= 15 is 0 Å². The third-order valence-corrected chi connectivity index (χ3v) is 3.07. The van der Waals surface area contributed by atoms with Crippen LogP contribution in [0, 0.1) is 3.57 Å². The Morgan fingerprint density at radius 3 is 3.31 bits per heavy atom. The van der Waals surface area contributed by atoms with Crippen LogP contribution in [0.15, 0.2) is 6.20 Å². The highest BCUT2D eigenvalue weighted by Gasteiger charge is 2.26. The van der Waals surface area contributed by atoms with Crippen LogP contribution in [-0.4, -0.2) is 22.2 Å². The van der Waals surface area contributed by atoms with Gasteiger partial charge in [0.1, 0.15) is 5.69 Å². The van der Waals surface area contributed by atoms with Crippen molar-refractivity contribution in [1.29, 1.82) is 0 Å². The zero-order valence-electron chi connectivity index (χ0n) is 7.25. The van der Waals surface area contributed by atoms with Gasteiger partial charge in [0.05, 0.1) is 15.8 Å². The molecule has 13 heavy (non-hydrogen) atoms. The number of carbonyl (C=O) groups excluding carboxylic acids is 1. The molecule has 0 saturated heterocycles. The fraction of sp³-hybridized carbons (Fsp3) is 0.500. The number of nitrogens with one attached hydrogen (secondary N) is 1. The monoisotopic (exact) mass is 291 g/mol. The number of hydrogen-bond donors (Lipinski definition) is 1. The van der Waals surface area contributed by atoms with Gasteiger partial charge in [-0.2, -0.15) is 5.10 Å². The first-order valence-electron chi connectivity index (χ1n) is 4.25. The van der Waals surface area contributed by atoms with E-state index in [1.54, 1.807) is 6.20 Å². The van der Waals surface area contributed by atoms with Crippen molar-refractivity contribution >= 4 is 28.5 Å². The normalized spacial score (nSPS) is 21.1. The molecule has 1 unspecified atom stereocenters. The Morgan fingerprint density at radius 2 is 2.62 bits per heavy atom. The highest BCUT2D eigenvalue weighted by Crippen LogP contribution is 2.21. The van der Waals surface area contributed by atoms with Gasteiger partial charge in [-0.05, 0) is 29.0 Å². The third-order valence-electron chi connectivity index (χ3n) is 2.28. The summed E-state index contributed by atoms with van der Waals surface area (Å²) in [4.78, 5) is 11.5. The molecule has 1 aromatic rings. The Labute approximate surface area is 89.8 Å². The highest BCUT2D eigenvalue weighted by atomic mass is 127. The lowest BCUT2D eigenvalue weighted by Crippen LogP contribution is -2.39. The largest absolute Gasteiger partial charge is 0.349 e. The van der Waals surface area contributed by atoms with Gasteiger partial charge in [0.2, 0.25) is 0 Å². The van der Waals surface area contributed by atoms with Crippen molar-refractivity contribution in [2.24, 2.45) is 0 Å².